The first kappa shape index (κ1) is 27.3. The number of aliphatic hydroxyl groups is 5. The lowest BCUT2D eigenvalue weighted by Gasteiger charge is -2.60. The van der Waals surface area contributed by atoms with Crippen molar-refractivity contribution in [1.82, 2.24) is 0 Å². The van der Waals surface area contributed by atoms with Crippen molar-refractivity contribution >= 4 is 11.8 Å². The number of cyclic esters (lactones) is 1. The highest BCUT2D eigenvalue weighted by Crippen LogP contribution is 2.68. The minimum absolute atomic E-state index is 0.104. The molecule has 208 valence electrons. The van der Waals surface area contributed by atoms with Crippen LogP contribution in [0.25, 0.3) is 0 Å². The Labute approximate surface area is 219 Å². The summed E-state index contributed by atoms with van der Waals surface area (Å²) < 4.78 is 5.34. The largest absolute Gasteiger partial charge is 0.462 e. The van der Waals surface area contributed by atoms with Gasteiger partial charge in [-0.3, -0.25) is 9.59 Å². The van der Waals surface area contributed by atoms with Crippen LogP contribution in [0.4, 0.5) is 0 Å². The number of carbonyl (C=O) groups excluding carboxylic acids is 2. The molecule has 0 spiro atoms. The highest BCUT2D eigenvalue weighted by Gasteiger charge is 2.69. The number of ether oxygens (including phenoxy) is 1. The van der Waals surface area contributed by atoms with Gasteiger partial charge in [0.1, 0.15) is 6.10 Å². The van der Waals surface area contributed by atoms with E-state index < -0.39 is 52.2 Å². The normalized spacial score (nSPS) is 51.9. The van der Waals surface area contributed by atoms with Crippen LogP contribution in [0.5, 0.6) is 0 Å². The lowest BCUT2D eigenvalue weighted by Crippen LogP contribution is -2.63. The zero-order chi connectivity index (χ0) is 27.3. The molecule has 5 rings (SSSR count). The number of hydrogen-bond acceptors (Lipinski definition) is 8. The zero-order valence-corrected chi connectivity index (χ0v) is 22.7. The van der Waals surface area contributed by atoms with Crippen LogP contribution in [-0.4, -0.2) is 72.9 Å². The average Bonchev–Trinajstić information content (AvgIpc) is 3.23. The van der Waals surface area contributed by atoms with Crippen LogP contribution in [0.15, 0.2) is 11.6 Å². The van der Waals surface area contributed by atoms with E-state index in [4.69, 9.17) is 4.74 Å². The third-order valence-corrected chi connectivity index (χ3v) is 11.9. The minimum atomic E-state index is -1.52. The van der Waals surface area contributed by atoms with Gasteiger partial charge in [0.05, 0.1) is 35.4 Å². The molecular formula is C29H44O8. The summed E-state index contributed by atoms with van der Waals surface area (Å²) in [6.07, 6.45) is 1.21. The molecule has 8 heteroatoms. The van der Waals surface area contributed by atoms with Gasteiger partial charge in [0.25, 0.3) is 0 Å². The summed E-state index contributed by atoms with van der Waals surface area (Å²) in [4.78, 5) is 25.4. The van der Waals surface area contributed by atoms with Crippen molar-refractivity contribution in [2.24, 2.45) is 40.4 Å². The first-order valence-corrected chi connectivity index (χ1v) is 14.0. The fourth-order valence-electron chi connectivity index (χ4n) is 9.39. The minimum Gasteiger partial charge on any atom is -0.462 e. The lowest BCUT2D eigenvalue weighted by atomic mass is 9.45. The van der Waals surface area contributed by atoms with Gasteiger partial charge in [-0.05, 0) is 87.7 Å². The molecule has 4 fully saturated rings. The Bertz CT molecular complexity index is 1010. The summed E-state index contributed by atoms with van der Waals surface area (Å²) in [6.45, 7) is 9.21. The van der Waals surface area contributed by atoms with Crippen molar-refractivity contribution in [3.63, 3.8) is 0 Å². The topological polar surface area (TPSA) is 145 Å². The summed E-state index contributed by atoms with van der Waals surface area (Å²) in [7, 11) is 0. The maximum Gasteiger partial charge on any atom is 0.309 e. The third kappa shape index (κ3) is 3.65. The summed E-state index contributed by atoms with van der Waals surface area (Å²) in [5.74, 6) is -1.88. The Morgan fingerprint density at radius 2 is 1.78 bits per heavy atom. The monoisotopic (exact) mass is 520 g/mol. The van der Waals surface area contributed by atoms with Gasteiger partial charge in [0, 0.05) is 17.3 Å². The smallest absolute Gasteiger partial charge is 0.309 e. The predicted octanol–water partition coefficient (Wildman–Crippen LogP) is 1.89. The summed E-state index contributed by atoms with van der Waals surface area (Å²) in [5.41, 5.74) is -3.47. The molecule has 4 aliphatic carbocycles. The van der Waals surface area contributed by atoms with E-state index in [9.17, 15) is 35.1 Å². The number of rotatable bonds is 4. The van der Waals surface area contributed by atoms with Gasteiger partial charge in [0.2, 0.25) is 0 Å². The molecular weight excluding hydrogens is 476 g/mol. The van der Waals surface area contributed by atoms with Gasteiger partial charge < -0.3 is 30.3 Å². The number of aliphatic hydroxyl groups excluding tert-OH is 3. The molecule has 5 aliphatic rings. The molecule has 37 heavy (non-hydrogen) atoms. The van der Waals surface area contributed by atoms with Gasteiger partial charge in [-0.25, -0.2) is 0 Å². The Morgan fingerprint density at radius 3 is 2.41 bits per heavy atom. The van der Waals surface area contributed by atoms with Crippen LogP contribution in [0.3, 0.4) is 0 Å². The van der Waals surface area contributed by atoms with Crippen LogP contribution in [0.1, 0.15) is 79.6 Å². The Morgan fingerprint density at radius 1 is 1.11 bits per heavy atom. The fourth-order valence-corrected chi connectivity index (χ4v) is 9.39. The third-order valence-electron chi connectivity index (χ3n) is 11.9. The van der Waals surface area contributed by atoms with Gasteiger partial charge in [0.15, 0.2) is 5.78 Å². The molecule has 1 saturated heterocycles. The van der Waals surface area contributed by atoms with Crippen LogP contribution >= 0.6 is 0 Å². The lowest BCUT2D eigenvalue weighted by molar-refractivity contribution is -0.178. The predicted molar refractivity (Wildman–Crippen MR) is 134 cm³/mol. The van der Waals surface area contributed by atoms with Crippen molar-refractivity contribution < 1.29 is 39.9 Å². The quantitative estimate of drug-likeness (QED) is 0.354. The molecule has 0 aromatic heterocycles. The zero-order valence-electron chi connectivity index (χ0n) is 22.7. The van der Waals surface area contributed by atoms with Crippen molar-refractivity contribution in [1.29, 1.82) is 0 Å². The fraction of sp³-hybridized carbons (Fsp3) is 0.862. The number of allylic oxidation sites excluding steroid dienone is 1. The molecule has 5 N–H and O–H groups in total. The van der Waals surface area contributed by atoms with E-state index in [-0.39, 0.29) is 48.5 Å². The van der Waals surface area contributed by atoms with Gasteiger partial charge in [-0.2, -0.15) is 0 Å². The maximum atomic E-state index is 13.3. The molecule has 0 radical (unpaired) electrons. The van der Waals surface area contributed by atoms with Crippen LogP contribution in [-0.2, 0) is 14.3 Å². The maximum absolute atomic E-state index is 13.3. The Balaban J connectivity index is 1.44. The molecule has 0 aromatic rings. The summed E-state index contributed by atoms with van der Waals surface area (Å²) >= 11 is 0. The Hall–Kier alpha value is -1.32. The molecule has 0 amide bonds. The second-order valence-electron chi connectivity index (χ2n) is 13.7. The van der Waals surface area contributed by atoms with E-state index in [0.29, 0.717) is 37.7 Å². The molecule has 3 unspecified atom stereocenters. The summed E-state index contributed by atoms with van der Waals surface area (Å²) in [6, 6.07) is 0. The first-order valence-electron chi connectivity index (χ1n) is 14.0. The number of hydrogen-bond donors (Lipinski definition) is 5. The van der Waals surface area contributed by atoms with E-state index in [2.05, 4.69) is 0 Å². The van der Waals surface area contributed by atoms with E-state index in [1.165, 1.54) is 0 Å². The van der Waals surface area contributed by atoms with Gasteiger partial charge >= 0.3 is 5.97 Å². The van der Waals surface area contributed by atoms with Crippen LogP contribution < -0.4 is 0 Å². The Kier molecular flexibility index (Phi) is 6.33. The molecule has 0 aromatic carbocycles. The van der Waals surface area contributed by atoms with E-state index in [0.717, 1.165) is 0 Å². The standard InChI is InChI=1S/C29H44O8/c1-14-16(15(2)37-25(14)34)10-24(33)28(5,35)23-7-9-29(36)18-11-20(30)19-12-21(31)22(32)13-26(19,3)17(18)6-8-27(23,29)4/h11,14-17,19,21-24,31-33,35-36H,6-10,12-13H2,1-5H3/t14-,15+,16-,17?,19-,21+,22-,23?,24+,26+,27+,28?,29+/m0/s1. The van der Waals surface area contributed by atoms with Crippen LogP contribution in [0, 0.1) is 40.4 Å². The van der Waals surface area contributed by atoms with Crippen molar-refractivity contribution in [3.8, 4) is 0 Å². The second kappa shape index (κ2) is 8.59. The number of carbonyl (C=O) groups is 2. The second-order valence-corrected chi connectivity index (χ2v) is 13.7. The van der Waals surface area contributed by atoms with E-state index >= 15 is 0 Å². The first-order chi connectivity index (χ1) is 17.1. The summed E-state index contributed by atoms with van der Waals surface area (Å²) in [5, 5.41) is 56.2. The van der Waals surface area contributed by atoms with Gasteiger partial charge in [-0.15, -0.1) is 0 Å². The molecule has 8 nitrogen and oxygen atoms in total. The average molecular weight is 521 g/mol. The highest BCUT2D eigenvalue weighted by atomic mass is 16.6. The molecule has 0 bridgehead atoms. The van der Waals surface area contributed by atoms with Crippen molar-refractivity contribution in [2.75, 3.05) is 0 Å². The molecule has 1 heterocycles. The van der Waals surface area contributed by atoms with Crippen molar-refractivity contribution in [3.05, 3.63) is 11.6 Å². The molecule has 3 saturated carbocycles. The van der Waals surface area contributed by atoms with Crippen LogP contribution in [0.2, 0.25) is 0 Å². The number of esters is 1. The molecule has 1 aliphatic heterocycles. The van der Waals surface area contributed by atoms with E-state index in [1.54, 1.807) is 19.9 Å². The number of fused-ring (bicyclic) bond motifs is 5. The van der Waals surface area contributed by atoms with Gasteiger partial charge in [-0.1, -0.05) is 20.8 Å². The van der Waals surface area contributed by atoms with Crippen molar-refractivity contribution in [2.45, 2.75) is 115 Å². The highest BCUT2D eigenvalue weighted by molar-refractivity contribution is 5.95. The molecule has 13 atom stereocenters. The number of ketones is 1. The SMILES string of the molecule is C[C@@H]1C(=O)O[C@H](C)[C@H]1C[C@@H](O)C(C)(O)C1CC[C@@]2(O)C3=CC(=O)[C@@H]4C[C@@H](O)[C@@H](O)C[C@]4(C)C3CC[C@]12C. The van der Waals surface area contributed by atoms with E-state index in [1.807, 2.05) is 20.8 Å².